The van der Waals surface area contributed by atoms with Crippen molar-refractivity contribution >= 4 is 21.6 Å². The Balaban J connectivity index is 2.08. The minimum Gasteiger partial charge on any atom is -0.293 e. The number of aromatic amines is 1. The van der Waals surface area contributed by atoms with Crippen LogP contribution < -0.4 is 5.56 Å². The number of unbranched alkanes of at least 4 members (excludes halogenated alkanes) is 1. The lowest BCUT2D eigenvalue weighted by Gasteiger charge is -1.93. The number of rotatable bonds is 4. The molecule has 0 aliphatic carbocycles. The zero-order valence-electron chi connectivity index (χ0n) is 12.6. The number of nitrogens with zero attached hydrogens (tertiary/aromatic N) is 2. The van der Waals surface area contributed by atoms with Crippen LogP contribution in [0.5, 0.6) is 0 Å². The Labute approximate surface area is 127 Å². The highest BCUT2D eigenvalue weighted by molar-refractivity contribution is 7.20. The van der Waals surface area contributed by atoms with Gasteiger partial charge in [-0.2, -0.15) is 4.68 Å². The van der Waals surface area contributed by atoms with Crippen LogP contribution in [-0.4, -0.2) is 14.8 Å². The lowest BCUT2D eigenvalue weighted by molar-refractivity contribution is 0.785. The van der Waals surface area contributed by atoms with Crippen LogP contribution in [-0.2, 0) is 6.42 Å². The lowest BCUT2D eigenvalue weighted by atomic mass is 10.1. The Hall–Kier alpha value is -1.88. The van der Waals surface area contributed by atoms with Gasteiger partial charge in [0.2, 0.25) is 5.13 Å². The second-order valence-electron chi connectivity index (χ2n) is 5.43. The summed E-state index contributed by atoms with van der Waals surface area (Å²) in [5, 5.41) is 3.88. The van der Waals surface area contributed by atoms with Crippen molar-refractivity contribution in [1.82, 2.24) is 14.8 Å². The van der Waals surface area contributed by atoms with E-state index in [0.29, 0.717) is 5.13 Å². The van der Waals surface area contributed by atoms with Crippen molar-refractivity contribution in [2.75, 3.05) is 0 Å². The molecule has 0 saturated carbocycles. The second kappa shape index (κ2) is 5.48. The maximum Gasteiger partial charge on any atom is 0.276 e. The zero-order chi connectivity index (χ0) is 15.0. The average Bonchev–Trinajstić information content (AvgIpc) is 2.98. The van der Waals surface area contributed by atoms with Gasteiger partial charge in [-0.25, -0.2) is 4.98 Å². The number of hydrogen-bond donors (Lipinski definition) is 1. The van der Waals surface area contributed by atoms with Crippen LogP contribution >= 0.6 is 11.3 Å². The van der Waals surface area contributed by atoms with Crippen LogP contribution in [0.2, 0.25) is 0 Å². The Kier molecular flexibility index (Phi) is 3.68. The topological polar surface area (TPSA) is 50.7 Å². The molecular formula is C16H19N3OS. The van der Waals surface area contributed by atoms with E-state index in [9.17, 15) is 4.79 Å². The van der Waals surface area contributed by atoms with E-state index in [1.165, 1.54) is 5.56 Å². The maximum absolute atomic E-state index is 12.5. The smallest absolute Gasteiger partial charge is 0.276 e. The Morgan fingerprint density at radius 3 is 2.90 bits per heavy atom. The molecule has 0 amide bonds. The molecule has 0 spiro atoms. The fourth-order valence-electron chi connectivity index (χ4n) is 2.48. The summed E-state index contributed by atoms with van der Waals surface area (Å²) in [7, 11) is 0. The predicted molar refractivity (Wildman–Crippen MR) is 87.7 cm³/mol. The van der Waals surface area contributed by atoms with Gasteiger partial charge in [-0.1, -0.05) is 30.7 Å². The molecule has 3 rings (SSSR count). The molecule has 5 heteroatoms. The first-order valence-electron chi connectivity index (χ1n) is 7.28. The van der Waals surface area contributed by atoms with Crippen molar-refractivity contribution in [2.45, 2.75) is 40.0 Å². The summed E-state index contributed by atoms with van der Waals surface area (Å²) in [5.74, 6) is 0. The number of aryl methyl sites for hydroxylation is 2. The van der Waals surface area contributed by atoms with Crippen LogP contribution in [0.1, 0.15) is 36.6 Å². The number of aromatic nitrogens is 3. The number of hydrogen-bond acceptors (Lipinski definition) is 3. The lowest BCUT2D eigenvalue weighted by Crippen LogP contribution is -2.17. The monoisotopic (exact) mass is 301 g/mol. The van der Waals surface area contributed by atoms with Crippen molar-refractivity contribution in [3.63, 3.8) is 0 Å². The summed E-state index contributed by atoms with van der Waals surface area (Å²) in [4.78, 5) is 17.1. The maximum atomic E-state index is 12.5. The Morgan fingerprint density at radius 2 is 2.14 bits per heavy atom. The van der Waals surface area contributed by atoms with Crippen LogP contribution in [0.4, 0.5) is 0 Å². The van der Waals surface area contributed by atoms with E-state index in [1.807, 2.05) is 19.1 Å². The molecule has 2 heterocycles. The number of nitrogens with one attached hydrogen (secondary N) is 1. The van der Waals surface area contributed by atoms with E-state index in [0.717, 1.165) is 40.7 Å². The van der Waals surface area contributed by atoms with Crippen LogP contribution in [0.25, 0.3) is 15.3 Å². The highest BCUT2D eigenvalue weighted by atomic mass is 32.1. The fraction of sp³-hybridized carbons (Fsp3) is 0.375. The molecule has 0 aliphatic rings. The zero-order valence-corrected chi connectivity index (χ0v) is 13.4. The summed E-state index contributed by atoms with van der Waals surface area (Å²) in [6.07, 6.45) is 2.95. The minimum atomic E-state index is 0.0386. The van der Waals surface area contributed by atoms with Crippen molar-refractivity contribution < 1.29 is 0 Å². The largest absolute Gasteiger partial charge is 0.293 e. The van der Waals surface area contributed by atoms with Gasteiger partial charge in [0.15, 0.2) is 0 Å². The predicted octanol–water partition coefficient (Wildman–Crippen LogP) is 3.73. The molecule has 0 aliphatic heterocycles. The second-order valence-corrected chi connectivity index (χ2v) is 6.44. The molecule has 4 nitrogen and oxygen atoms in total. The number of thiazole rings is 1. The third-order valence-corrected chi connectivity index (χ3v) is 4.70. The van der Waals surface area contributed by atoms with E-state index in [1.54, 1.807) is 16.0 Å². The first kappa shape index (κ1) is 14.1. The number of H-pyrrole nitrogens is 1. The van der Waals surface area contributed by atoms with E-state index in [4.69, 9.17) is 0 Å². The van der Waals surface area contributed by atoms with Gasteiger partial charge in [-0.3, -0.25) is 9.89 Å². The number of fused-ring (bicyclic) bond motifs is 1. The summed E-state index contributed by atoms with van der Waals surface area (Å²) in [6.45, 7) is 6.16. The molecule has 110 valence electrons. The van der Waals surface area contributed by atoms with Gasteiger partial charge >= 0.3 is 0 Å². The van der Waals surface area contributed by atoms with Gasteiger partial charge in [-0.05, 0) is 44.4 Å². The fourth-order valence-corrected chi connectivity index (χ4v) is 3.50. The average molecular weight is 301 g/mol. The van der Waals surface area contributed by atoms with Crippen LogP contribution in [0.15, 0.2) is 23.0 Å². The van der Waals surface area contributed by atoms with Crippen LogP contribution in [0, 0.1) is 13.8 Å². The van der Waals surface area contributed by atoms with E-state index in [2.05, 4.69) is 30.0 Å². The van der Waals surface area contributed by atoms with Gasteiger partial charge in [0, 0.05) is 11.3 Å². The van der Waals surface area contributed by atoms with Gasteiger partial charge in [-0.15, -0.1) is 0 Å². The van der Waals surface area contributed by atoms with Crippen LogP contribution in [0.3, 0.4) is 0 Å². The van der Waals surface area contributed by atoms with E-state index in [-0.39, 0.29) is 5.56 Å². The molecule has 2 aromatic heterocycles. The minimum absolute atomic E-state index is 0.0386. The highest BCUT2D eigenvalue weighted by Crippen LogP contribution is 2.25. The molecule has 1 aromatic carbocycles. The summed E-state index contributed by atoms with van der Waals surface area (Å²) in [5.41, 5.74) is 4.01. The summed E-state index contributed by atoms with van der Waals surface area (Å²) >= 11 is 1.55. The normalized spacial score (nSPS) is 11.4. The Morgan fingerprint density at radius 1 is 1.33 bits per heavy atom. The molecule has 0 bridgehead atoms. The van der Waals surface area contributed by atoms with Crippen molar-refractivity contribution in [2.24, 2.45) is 0 Å². The van der Waals surface area contributed by atoms with Crippen molar-refractivity contribution in [1.29, 1.82) is 0 Å². The quantitative estimate of drug-likeness (QED) is 0.798. The highest BCUT2D eigenvalue weighted by Gasteiger charge is 2.14. The summed E-state index contributed by atoms with van der Waals surface area (Å²) < 4.78 is 2.69. The van der Waals surface area contributed by atoms with Gasteiger partial charge in [0.1, 0.15) is 0 Å². The Bertz CT molecular complexity index is 841. The first-order chi connectivity index (χ1) is 10.1. The van der Waals surface area contributed by atoms with Crippen molar-refractivity contribution in [3.8, 4) is 5.13 Å². The number of benzene rings is 1. The third kappa shape index (κ3) is 2.53. The molecule has 0 radical (unpaired) electrons. The summed E-state index contributed by atoms with van der Waals surface area (Å²) in [6, 6.07) is 6.15. The molecule has 0 saturated heterocycles. The van der Waals surface area contributed by atoms with E-state index >= 15 is 0 Å². The molecule has 1 N–H and O–H groups in total. The molecule has 3 aromatic rings. The van der Waals surface area contributed by atoms with Gasteiger partial charge < -0.3 is 0 Å². The molecule has 0 unspecified atom stereocenters. The SMILES string of the molecule is CCCCc1c(C)[nH]n(-c2nc3ccc(C)cc3s2)c1=O. The van der Waals surface area contributed by atoms with Gasteiger partial charge in [0.05, 0.1) is 10.2 Å². The standard InChI is InChI=1S/C16H19N3OS/c1-4-5-6-12-11(3)18-19(15(12)20)16-17-13-8-7-10(2)9-14(13)21-16/h7-9,18H,4-6H2,1-3H3. The molecule has 0 atom stereocenters. The molecule has 0 fully saturated rings. The van der Waals surface area contributed by atoms with Gasteiger partial charge in [0.25, 0.3) is 5.56 Å². The van der Waals surface area contributed by atoms with E-state index < -0.39 is 0 Å². The van der Waals surface area contributed by atoms with Crippen molar-refractivity contribution in [3.05, 3.63) is 45.4 Å². The first-order valence-corrected chi connectivity index (χ1v) is 8.10. The molecule has 21 heavy (non-hydrogen) atoms. The third-order valence-electron chi connectivity index (χ3n) is 3.70. The molecular weight excluding hydrogens is 282 g/mol.